The summed E-state index contributed by atoms with van der Waals surface area (Å²) in [4.78, 5) is 44.3. The molecule has 2 fully saturated rings. The van der Waals surface area contributed by atoms with Crippen LogP contribution in [0.5, 0.6) is 0 Å². The van der Waals surface area contributed by atoms with Crippen molar-refractivity contribution in [1.29, 1.82) is 0 Å². The van der Waals surface area contributed by atoms with Gasteiger partial charge in [-0.2, -0.15) is 18.3 Å². The smallest absolute Gasteiger partial charge is 0.433 e. The van der Waals surface area contributed by atoms with E-state index in [9.17, 15) is 32.7 Å². The van der Waals surface area contributed by atoms with Crippen molar-refractivity contribution < 1.29 is 37.4 Å². The van der Waals surface area contributed by atoms with E-state index in [1.807, 2.05) is 0 Å². The first-order valence-corrected chi connectivity index (χ1v) is 15.1. The van der Waals surface area contributed by atoms with Gasteiger partial charge in [-0.25, -0.2) is 0 Å². The summed E-state index contributed by atoms with van der Waals surface area (Å²) in [5.74, 6) is -2.56. The number of Topliss-reactive ketones (excluding diaryl/α,β-unsaturated/α-hetero) is 1. The fourth-order valence-corrected chi connectivity index (χ4v) is 6.58. The maximum Gasteiger partial charge on any atom is 0.433 e. The van der Waals surface area contributed by atoms with E-state index < -0.39 is 53.2 Å². The number of halogens is 5. The number of amides is 1. The average molecular weight is 648 g/mol. The molecule has 0 saturated heterocycles. The highest BCUT2D eigenvalue weighted by molar-refractivity contribution is 6.39. The molecule has 0 bridgehead atoms. The molecule has 1 N–H and O–H groups in total. The maximum atomic E-state index is 14.6. The van der Waals surface area contributed by atoms with Gasteiger partial charge in [0.25, 0.3) is 5.91 Å². The molecule has 1 amide bonds. The van der Waals surface area contributed by atoms with E-state index in [-0.39, 0.29) is 53.5 Å². The normalized spacial score (nSPS) is 24.4. The zero-order valence-corrected chi connectivity index (χ0v) is 25.5. The summed E-state index contributed by atoms with van der Waals surface area (Å²) < 4.78 is 49.6. The molecule has 2 aromatic heterocycles. The predicted molar refractivity (Wildman–Crippen MR) is 152 cm³/mol. The molecule has 0 aromatic carbocycles. The molecule has 0 atom stereocenters. The molecular formula is C29H35Cl2F3N4O5. The van der Waals surface area contributed by atoms with Gasteiger partial charge in [-0.1, -0.05) is 23.2 Å². The lowest BCUT2D eigenvalue weighted by Crippen LogP contribution is -2.42. The van der Waals surface area contributed by atoms with Crippen LogP contribution < -0.4 is 0 Å². The molecule has 4 rings (SSSR count). The number of pyridine rings is 1. The van der Waals surface area contributed by atoms with Gasteiger partial charge in [0.1, 0.15) is 0 Å². The fraction of sp³-hybridized carbons (Fsp3) is 0.621. The van der Waals surface area contributed by atoms with Gasteiger partial charge >= 0.3 is 12.1 Å². The van der Waals surface area contributed by atoms with Crippen LogP contribution in [0.25, 0.3) is 0 Å². The number of aromatic nitrogens is 3. The first kappa shape index (κ1) is 33.2. The molecule has 0 aliphatic heterocycles. The van der Waals surface area contributed by atoms with Crippen LogP contribution in [0.15, 0.2) is 18.6 Å². The Hall–Kier alpha value is -2.70. The summed E-state index contributed by atoms with van der Waals surface area (Å²) in [6.07, 6.45) is 1.56. The van der Waals surface area contributed by atoms with Crippen LogP contribution >= 0.6 is 23.2 Å². The largest absolute Gasteiger partial charge is 0.466 e. The predicted octanol–water partition coefficient (Wildman–Crippen LogP) is 6.16. The number of rotatable bonds is 9. The first-order chi connectivity index (χ1) is 20.2. The Morgan fingerprint density at radius 3 is 2.23 bits per heavy atom. The minimum Gasteiger partial charge on any atom is -0.466 e. The minimum atomic E-state index is -4.92. The number of nitrogens with zero attached hydrogens (tertiary/aromatic N) is 4. The van der Waals surface area contributed by atoms with Crippen molar-refractivity contribution in [2.45, 2.75) is 83.0 Å². The van der Waals surface area contributed by atoms with Gasteiger partial charge in [0.05, 0.1) is 58.1 Å². The van der Waals surface area contributed by atoms with Crippen molar-refractivity contribution in [3.8, 4) is 0 Å². The van der Waals surface area contributed by atoms with Crippen LogP contribution in [0.4, 0.5) is 13.2 Å². The number of hydrogen-bond donors (Lipinski definition) is 1. The van der Waals surface area contributed by atoms with Gasteiger partial charge in [-0.05, 0) is 71.1 Å². The Bertz CT molecular complexity index is 1310. The summed E-state index contributed by atoms with van der Waals surface area (Å²) in [6, 6.07) is -0.672. The van der Waals surface area contributed by atoms with E-state index in [1.54, 1.807) is 13.8 Å². The molecule has 9 nitrogen and oxygen atoms in total. The van der Waals surface area contributed by atoms with Crippen LogP contribution in [-0.2, 0) is 15.7 Å². The van der Waals surface area contributed by atoms with Crippen LogP contribution in [0.3, 0.4) is 0 Å². The summed E-state index contributed by atoms with van der Waals surface area (Å²) in [6.45, 7) is 3.06. The van der Waals surface area contributed by atoms with Gasteiger partial charge < -0.3 is 14.7 Å². The van der Waals surface area contributed by atoms with E-state index >= 15 is 0 Å². The third kappa shape index (κ3) is 7.88. The van der Waals surface area contributed by atoms with Gasteiger partial charge in [-0.3, -0.25) is 24.0 Å². The Kier molecular flexibility index (Phi) is 10.4. The maximum absolute atomic E-state index is 14.6. The highest BCUT2D eigenvalue weighted by Crippen LogP contribution is 2.40. The Morgan fingerprint density at radius 2 is 1.67 bits per heavy atom. The molecule has 2 aromatic rings. The van der Waals surface area contributed by atoms with Crippen molar-refractivity contribution in [2.24, 2.45) is 11.8 Å². The standard InChI is InChI=1S/C29H35Cl2F3N4O5/c1-3-43-27(41)18-4-6-19(7-5-18)38-25(29(32,33)34)20(12-36-38)26(40)37(15-17-8-10-28(2,42)11-9-17)16-23(39)24-21(30)13-35-14-22(24)31/h12-14,17-19,42H,3-11,15-16H2,1-2H3/t17?,18-,19-,28?. The second kappa shape index (κ2) is 13.5. The zero-order valence-electron chi connectivity index (χ0n) is 24.0. The van der Waals surface area contributed by atoms with Crippen molar-refractivity contribution in [2.75, 3.05) is 19.7 Å². The highest BCUT2D eigenvalue weighted by atomic mass is 35.5. The first-order valence-electron chi connectivity index (χ1n) is 14.4. The van der Waals surface area contributed by atoms with E-state index in [2.05, 4.69) is 10.1 Å². The van der Waals surface area contributed by atoms with Crippen molar-refractivity contribution in [3.63, 3.8) is 0 Å². The second-order valence-electron chi connectivity index (χ2n) is 11.6. The average Bonchev–Trinajstić information content (AvgIpc) is 3.40. The number of ketones is 1. The molecule has 2 aliphatic carbocycles. The number of carbonyl (C=O) groups excluding carboxylic acids is 3. The molecule has 2 saturated carbocycles. The van der Waals surface area contributed by atoms with Gasteiger partial charge in [0, 0.05) is 18.9 Å². The Balaban J connectivity index is 1.63. The third-order valence-electron chi connectivity index (χ3n) is 8.37. The zero-order chi connectivity index (χ0) is 31.5. The lowest BCUT2D eigenvalue weighted by Gasteiger charge is -2.35. The lowest BCUT2D eigenvalue weighted by atomic mass is 9.79. The topological polar surface area (TPSA) is 115 Å². The fourth-order valence-electron chi connectivity index (χ4n) is 6.01. The summed E-state index contributed by atoms with van der Waals surface area (Å²) in [5, 5.41) is 14.3. The monoisotopic (exact) mass is 646 g/mol. The SMILES string of the molecule is CCOC(=O)[C@H]1CC[C@H](n2ncc(C(=O)N(CC(=O)c3c(Cl)cncc3Cl)CC3CCC(C)(O)CC3)c2C(F)(F)F)CC1. The van der Waals surface area contributed by atoms with Crippen LogP contribution in [0.2, 0.25) is 10.0 Å². The Morgan fingerprint density at radius 1 is 1.07 bits per heavy atom. The number of esters is 1. The van der Waals surface area contributed by atoms with Crippen molar-refractivity contribution >= 4 is 40.9 Å². The molecular weight excluding hydrogens is 612 g/mol. The minimum absolute atomic E-state index is 0.00585. The molecule has 14 heteroatoms. The summed E-state index contributed by atoms with van der Waals surface area (Å²) in [7, 11) is 0. The van der Waals surface area contributed by atoms with E-state index in [1.165, 1.54) is 12.4 Å². The van der Waals surface area contributed by atoms with Gasteiger partial charge in [0.15, 0.2) is 11.5 Å². The molecule has 43 heavy (non-hydrogen) atoms. The van der Waals surface area contributed by atoms with Crippen LogP contribution in [-0.4, -0.2) is 67.7 Å². The molecule has 0 spiro atoms. The molecule has 0 unspecified atom stereocenters. The summed E-state index contributed by atoms with van der Waals surface area (Å²) >= 11 is 12.3. The van der Waals surface area contributed by atoms with Gasteiger partial charge in [-0.15, -0.1) is 0 Å². The summed E-state index contributed by atoms with van der Waals surface area (Å²) in [5.41, 5.74) is -2.80. The van der Waals surface area contributed by atoms with E-state index in [4.69, 9.17) is 27.9 Å². The number of hydrogen-bond acceptors (Lipinski definition) is 7. The molecule has 0 radical (unpaired) electrons. The van der Waals surface area contributed by atoms with E-state index in [0.29, 0.717) is 38.5 Å². The molecule has 2 aliphatic rings. The third-order valence-corrected chi connectivity index (χ3v) is 8.94. The molecule has 2 heterocycles. The van der Waals surface area contributed by atoms with Gasteiger partial charge in [0.2, 0.25) is 0 Å². The number of aliphatic hydroxyl groups is 1. The number of carbonyl (C=O) groups is 3. The van der Waals surface area contributed by atoms with E-state index in [0.717, 1.165) is 15.8 Å². The highest BCUT2D eigenvalue weighted by Gasteiger charge is 2.44. The molecule has 236 valence electrons. The quantitative estimate of drug-likeness (QED) is 0.256. The van der Waals surface area contributed by atoms with Crippen molar-refractivity contribution in [3.05, 3.63) is 45.5 Å². The lowest BCUT2D eigenvalue weighted by molar-refractivity contribution is -0.151. The number of alkyl halides is 3. The van der Waals surface area contributed by atoms with Crippen LogP contribution in [0, 0.1) is 11.8 Å². The van der Waals surface area contributed by atoms with Crippen molar-refractivity contribution in [1.82, 2.24) is 19.7 Å². The Labute approximate surface area is 257 Å². The second-order valence-corrected chi connectivity index (χ2v) is 12.4. The van der Waals surface area contributed by atoms with Crippen LogP contribution in [0.1, 0.15) is 97.7 Å². The number of ether oxygens (including phenoxy) is 1.